The lowest BCUT2D eigenvalue weighted by Gasteiger charge is -2.26. The van der Waals surface area contributed by atoms with Crippen LogP contribution in [0.1, 0.15) is 0 Å². The molecule has 0 bridgehead atoms. The van der Waals surface area contributed by atoms with Crippen molar-refractivity contribution in [3.8, 4) is 0 Å². The van der Waals surface area contributed by atoms with Crippen LogP contribution in [0.25, 0.3) is 0 Å². The molecule has 0 amide bonds. The van der Waals surface area contributed by atoms with Gasteiger partial charge in [0, 0.05) is 41.3 Å². The van der Waals surface area contributed by atoms with Crippen molar-refractivity contribution >= 4 is 45.7 Å². The topological polar surface area (TPSA) is 41.3 Å². The first kappa shape index (κ1) is 13.3. The van der Waals surface area contributed by atoms with Gasteiger partial charge in [0.2, 0.25) is 0 Å². The summed E-state index contributed by atoms with van der Waals surface area (Å²) in [6.07, 6.45) is 0. The first-order chi connectivity index (χ1) is 8.25. The number of nitrogens with two attached hydrogens (primary N) is 1. The van der Waals surface area contributed by atoms with Crippen LogP contribution in [0, 0.1) is 3.57 Å². The Morgan fingerprint density at radius 1 is 1.35 bits per heavy atom. The van der Waals surface area contributed by atoms with Gasteiger partial charge < -0.3 is 11.1 Å². The van der Waals surface area contributed by atoms with E-state index >= 15 is 0 Å². The van der Waals surface area contributed by atoms with Crippen LogP contribution >= 0.6 is 34.4 Å². The molecule has 1 fully saturated rings. The molecule has 17 heavy (non-hydrogen) atoms. The highest BCUT2D eigenvalue weighted by molar-refractivity contribution is 14.1. The lowest BCUT2D eigenvalue weighted by atomic mass is 10.2. The average molecular weight is 363 g/mol. The summed E-state index contributed by atoms with van der Waals surface area (Å²) in [5.41, 5.74) is 7.85. The third kappa shape index (κ3) is 4.22. The van der Waals surface area contributed by atoms with Crippen molar-refractivity contribution in [1.82, 2.24) is 4.90 Å². The van der Waals surface area contributed by atoms with Gasteiger partial charge in [0.25, 0.3) is 0 Å². The molecule has 1 heterocycles. The first-order valence-electron chi connectivity index (χ1n) is 5.85. The third-order valence-electron chi connectivity index (χ3n) is 2.86. The summed E-state index contributed by atoms with van der Waals surface area (Å²) in [5.74, 6) is 2.54. The molecule has 0 aromatic heterocycles. The quantitative estimate of drug-likeness (QED) is 0.637. The van der Waals surface area contributed by atoms with Gasteiger partial charge in [-0.3, -0.25) is 4.90 Å². The zero-order chi connectivity index (χ0) is 12.1. The molecule has 1 aromatic carbocycles. The highest BCUT2D eigenvalue weighted by atomic mass is 127. The second-order valence-corrected chi connectivity index (χ2v) is 6.58. The molecule has 94 valence electrons. The number of hydrogen-bond acceptors (Lipinski definition) is 4. The molecule has 1 saturated heterocycles. The van der Waals surface area contributed by atoms with Gasteiger partial charge in [0.1, 0.15) is 0 Å². The van der Waals surface area contributed by atoms with Gasteiger partial charge >= 0.3 is 0 Å². The number of benzene rings is 1. The molecule has 0 unspecified atom stereocenters. The van der Waals surface area contributed by atoms with Crippen LogP contribution in [0.15, 0.2) is 18.2 Å². The van der Waals surface area contributed by atoms with E-state index in [0.717, 1.165) is 24.5 Å². The van der Waals surface area contributed by atoms with Gasteiger partial charge in [-0.05, 0) is 40.8 Å². The van der Waals surface area contributed by atoms with Crippen molar-refractivity contribution in [3.63, 3.8) is 0 Å². The number of nitrogens with one attached hydrogen (secondary N) is 1. The van der Waals surface area contributed by atoms with E-state index in [9.17, 15) is 0 Å². The summed E-state index contributed by atoms with van der Waals surface area (Å²) in [7, 11) is 0. The number of rotatable bonds is 4. The second kappa shape index (κ2) is 6.70. The number of nitrogen functional groups attached to an aromatic ring is 1. The minimum atomic E-state index is 0.839. The van der Waals surface area contributed by atoms with Crippen LogP contribution in [0.3, 0.4) is 0 Å². The summed E-state index contributed by atoms with van der Waals surface area (Å²) in [6.45, 7) is 4.50. The van der Waals surface area contributed by atoms with Crippen LogP contribution in [-0.4, -0.2) is 42.6 Å². The van der Waals surface area contributed by atoms with Crippen LogP contribution in [0.4, 0.5) is 11.4 Å². The fraction of sp³-hybridized carbons (Fsp3) is 0.500. The predicted octanol–water partition coefficient (Wildman–Crippen LogP) is 2.33. The Hall–Kier alpha value is -0.140. The molecule has 0 saturated carbocycles. The highest BCUT2D eigenvalue weighted by Crippen LogP contribution is 2.20. The molecule has 3 N–H and O–H groups in total. The molecular formula is C12H18IN3S. The number of nitrogens with zero attached hydrogens (tertiary/aromatic N) is 1. The normalized spacial score (nSPS) is 17.0. The zero-order valence-electron chi connectivity index (χ0n) is 9.79. The standard InChI is InChI=1S/C12H18IN3S/c13-10-1-2-12(11(14)9-10)15-3-4-16-5-7-17-8-6-16/h1-2,9,15H,3-8,14H2. The SMILES string of the molecule is Nc1cc(I)ccc1NCCN1CCSCC1. The molecule has 0 radical (unpaired) electrons. The van der Waals surface area contributed by atoms with Gasteiger partial charge in [-0.2, -0.15) is 11.8 Å². The Kier molecular flexibility index (Phi) is 5.24. The Morgan fingerprint density at radius 2 is 2.12 bits per heavy atom. The summed E-state index contributed by atoms with van der Waals surface area (Å²) >= 11 is 4.33. The van der Waals surface area contributed by atoms with Gasteiger partial charge in [0.15, 0.2) is 0 Å². The molecule has 0 atom stereocenters. The van der Waals surface area contributed by atoms with E-state index in [0.29, 0.717) is 0 Å². The van der Waals surface area contributed by atoms with Gasteiger partial charge in [0.05, 0.1) is 11.4 Å². The Labute approximate surface area is 121 Å². The molecule has 1 aromatic rings. The maximum atomic E-state index is 5.96. The van der Waals surface area contributed by atoms with E-state index in [1.54, 1.807) is 0 Å². The van der Waals surface area contributed by atoms with E-state index < -0.39 is 0 Å². The molecule has 5 heteroatoms. The largest absolute Gasteiger partial charge is 0.397 e. The molecule has 0 spiro atoms. The maximum Gasteiger partial charge on any atom is 0.0575 e. The van der Waals surface area contributed by atoms with Crippen molar-refractivity contribution in [2.24, 2.45) is 0 Å². The summed E-state index contributed by atoms with van der Waals surface area (Å²) in [5, 5.41) is 3.41. The Balaban J connectivity index is 1.77. The lowest BCUT2D eigenvalue weighted by Crippen LogP contribution is -2.36. The minimum Gasteiger partial charge on any atom is -0.397 e. The average Bonchev–Trinajstić information content (AvgIpc) is 2.33. The fourth-order valence-corrected chi connectivity index (χ4v) is 3.36. The van der Waals surface area contributed by atoms with E-state index in [-0.39, 0.29) is 0 Å². The second-order valence-electron chi connectivity index (χ2n) is 4.11. The van der Waals surface area contributed by atoms with E-state index in [1.807, 2.05) is 17.8 Å². The third-order valence-corrected chi connectivity index (χ3v) is 4.47. The van der Waals surface area contributed by atoms with E-state index in [1.165, 1.54) is 28.2 Å². The molecule has 3 nitrogen and oxygen atoms in total. The Bertz CT molecular complexity index is 367. The van der Waals surface area contributed by atoms with E-state index in [4.69, 9.17) is 5.73 Å². The highest BCUT2D eigenvalue weighted by Gasteiger charge is 2.09. The van der Waals surface area contributed by atoms with Crippen LogP contribution in [-0.2, 0) is 0 Å². The summed E-state index contributed by atoms with van der Waals surface area (Å²) < 4.78 is 1.18. The number of anilines is 2. The first-order valence-corrected chi connectivity index (χ1v) is 8.08. The van der Waals surface area contributed by atoms with Crippen LogP contribution in [0.5, 0.6) is 0 Å². The molecular weight excluding hydrogens is 345 g/mol. The molecule has 1 aliphatic heterocycles. The van der Waals surface area contributed by atoms with Crippen molar-refractivity contribution in [1.29, 1.82) is 0 Å². The lowest BCUT2D eigenvalue weighted by molar-refractivity contribution is 0.314. The van der Waals surface area contributed by atoms with Crippen molar-refractivity contribution in [3.05, 3.63) is 21.8 Å². The van der Waals surface area contributed by atoms with Crippen molar-refractivity contribution < 1.29 is 0 Å². The summed E-state index contributed by atoms with van der Waals surface area (Å²) in [4.78, 5) is 2.51. The number of thioether (sulfide) groups is 1. The Morgan fingerprint density at radius 3 is 2.82 bits per heavy atom. The number of halogens is 1. The van der Waals surface area contributed by atoms with Gasteiger partial charge in [-0.25, -0.2) is 0 Å². The van der Waals surface area contributed by atoms with Gasteiger partial charge in [-0.1, -0.05) is 0 Å². The predicted molar refractivity (Wildman–Crippen MR) is 85.8 cm³/mol. The van der Waals surface area contributed by atoms with E-state index in [2.05, 4.69) is 44.9 Å². The zero-order valence-corrected chi connectivity index (χ0v) is 12.8. The van der Waals surface area contributed by atoms with Crippen molar-refractivity contribution in [2.75, 3.05) is 48.7 Å². The molecule has 1 aliphatic rings. The number of hydrogen-bond donors (Lipinski definition) is 2. The smallest absolute Gasteiger partial charge is 0.0575 e. The van der Waals surface area contributed by atoms with Crippen LogP contribution < -0.4 is 11.1 Å². The minimum absolute atomic E-state index is 0.839. The summed E-state index contributed by atoms with van der Waals surface area (Å²) in [6, 6.07) is 6.14. The maximum absolute atomic E-state index is 5.96. The monoisotopic (exact) mass is 363 g/mol. The molecule has 0 aliphatic carbocycles. The molecule has 2 rings (SSSR count). The fourth-order valence-electron chi connectivity index (χ4n) is 1.87. The van der Waals surface area contributed by atoms with Crippen LogP contribution in [0.2, 0.25) is 0 Å². The van der Waals surface area contributed by atoms with Gasteiger partial charge in [-0.15, -0.1) is 0 Å². The van der Waals surface area contributed by atoms with Crippen molar-refractivity contribution in [2.45, 2.75) is 0 Å².